The average molecular weight is 240 g/mol. The zero-order valence-electron chi connectivity index (χ0n) is 9.50. The fourth-order valence-corrected chi connectivity index (χ4v) is 0.783. The molecule has 0 radical (unpaired) electrons. The van der Waals surface area contributed by atoms with Crippen LogP contribution in [0.15, 0.2) is 24.3 Å². The molecule has 0 saturated carbocycles. The van der Waals surface area contributed by atoms with Gasteiger partial charge in [0.2, 0.25) is 0 Å². The summed E-state index contributed by atoms with van der Waals surface area (Å²) in [6, 6.07) is 6.03. The van der Waals surface area contributed by atoms with Crippen LogP contribution in [0.3, 0.4) is 0 Å². The lowest BCUT2D eigenvalue weighted by molar-refractivity contribution is -0.138. The first-order chi connectivity index (χ1) is 8.04. The Bertz CT molecular complexity index is 351. The number of rotatable bonds is 4. The van der Waals surface area contributed by atoms with Crippen molar-refractivity contribution in [2.45, 2.75) is 6.04 Å². The lowest BCUT2D eigenvalue weighted by Crippen LogP contribution is -2.37. The fraction of sp³-hybridized carbons (Fsp3) is 0.273. The molecule has 0 aromatic heterocycles. The molecule has 94 valence electrons. The molecule has 0 spiro atoms. The Morgan fingerprint density at radius 2 is 2.00 bits per heavy atom. The molecule has 5 N–H and O–H groups in total. The van der Waals surface area contributed by atoms with E-state index in [9.17, 15) is 9.59 Å². The van der Waals surface area contributed by atoms with E-state index < -0.39 is 12.0 Å². The third-order valence-corrected chi connectivity index (χ3v) is 1.82. The van der Waals surface area contributed by atoms with Gasteiger partial charge in [-0.3, -0.25) is 9.59 Å². The highest BCUT2D eigenvalue weighted by molar-refractivity contribution is 5.74. The summed E-state index contributed by atoms with van der Waals surface area (Å²) < 4.78 is 4.90. The first kappa shape index (κ1) is 15.1. The molecular weight excluding hydrogens is 224 g/mol. The van der Waals surface area contributed by atoms with Crippen molar-refractivity contribution in [2.75, 3.05) is 13.7 Å². The van der Waals surface area contributed by atoms with E-state index in [0.29, 0.717) is 5.56 Å². The molecule has 6 heteroatoms. The molecule has 0 aliphatic rings. The molecule has 0 aliphatic heterocycles. The SMILES string of the molecule is COc1ccc(C=O)cc1.NCC(N)C(=O)O. The van der Waals surface area contributed by atoms with Gasteiger partial charge in [0.1, 0.15) is 18.1 Å². The highest BCUT2D eigenvalue weighted by Gasteiger charge is 2.05. The summed E-state index contributed by atoms with van der Waals surface area (Å²) in [5, 5.41) is 7.98. The number of carbonyl (C=O) groups is 2. The Hall–Kier alpha value is -1.92. The maximum atomic E-state index is 10.2. The van der Waals surface area contributed by atoms with Crippen molar-refractivity contribution in [2.24, 2.45) is 11.5 Å². The summed E-state index contributed by atoms with van der Waals surface area (Å²) in [5.41, 5.74) is 10.4. The number of benzene rings is 1. The quantitative estimate of drug-likeness (QED) is 0.631. The van der Waals surface area contributed by atoms with E-state index in [4.69, 9.17) is 21.3 Å². The minimum absolute atomic E-state index is 0.00463. The van der Waals surface area contributed by atoms with Crippen LogP contribution in [0.5, 0.6) is 5.75 Å². The zero-order chi connectivity index (χ0) is 13.3. The molecule has 17 heavy (non-hydrogen) atoms. The number of methoxy groups -OCH3 is 1. The summed E-state index contributed by atoms with van der Waals surface area (Å²) in [4.78, 5) is 19.9. The monoisotopic (exact) mass is 240 g/mol. The van der Waals surface area contributed by atoms with Crippen molar-refractivity contribution in [1.29, 1.82) is 0 Å². The maximum Gasteiger partial charge on any atom is 0.321 e. The summed E-state index contributed by atoms with van der Waals surface area (Å²) in [5.74, 6) is -0.284. The Kier molecular flexibility index (Phi) is 7.32. The Morgan fingerprint density at radius 1 is 1.47 bits per heavy atom. The topological polar surface area (TPSA) is 116 Å². The van der Waals surface area contributed by atoms with Crippen molar-refractivity contribution in [3.63, 3.8) is 0 Å². The molecule has 0 fully saturated rings. The lowest BCUT2D eigenvalue weighted by atomic mass is 10.2. The van der Waals surface area contributed by atoms with Gasteiger partial charge in [0, 0.05) is 12.1 Å². The minimum Gasteiger partial charge on any atom is -0.497 e. The van der Waals surface area contributed by atoms with E-state index in [1.807, 2.05) is 0 Å². The number of aliphatic carboxylic acids is 1. The molecule has 0 heterocycles. The number of hydrogen-bond acceptors (Lipinski definition) is 5. The van der Waals surface area contributed by atoms with Gasteiger partial charge in [0.15, 0.2) is 0 Å². The van der Waals surface area contributed by atoms with Crippen molar-refractivity contribution < 1.29 is 19.4 Å². The van der Waals surface area contributed by atoms with Crippen LogP contribution in [0.4, 0.5) is 0 Å². The van der Waals surface area contributed by atoms with E-state index in [-0.39, 0.29) is 6.54 Å². The molecule has 1 unspecified atom stereocenters. The van der Waals surface area contributed by atoms with E-state index in [2.05, 4.69) is 0 Å². The molecular formula is C11H16N2O4. The number of ether oxygens (including phenoxy) is 1. The van der Waals surface area contributed by atoms with Gasteiger partial charge in [-0.15, -0.1) is 0 Å². The van der Waals surface area contributed by atoms with Crippen molar-refractivity contribution in [3.05, 3.63) is 29.8 Å². The lowest BCUT2D eigenvalue weighted by Gasteiger charge is -1.97. The van der Waals surface area contributed by atoms with Gasteiger partial charge in [-0.25, -0.2) is 0 Å². The molecule has 6 nitrogen and oxygen atoms in total. The number of nitrogens with two attached hydrogens (primary N) is 2. The van der Waals surface area contributed by atoms with Gasteiger partial charge < -0.3 is 21.3 Å². The van der Waals surface area contributed by atoms with Gasteiger partial charge in [0.05, 0.1) is 7.11 Å². The molecule has 0 bridgehead atoms. The molecule has 0 amide bonds. The van der Waals surface area contributed by atoms with Gasteiger partial charge in [-0.1, -0.05) is 0 Å². The number of aldehydes is 1. The third kappa shape index (κ3) is 6.29. The van der Waals surface area contributed by atoms with Crippen molar-refractivity contribution >= 4 is 12.3 Å². The van der Waals surface area contributed by atoms with Gasteiger partial charge in [-0.05, 0) is 24.3 Å². The fourth-order valence-electron chi connectivity index (χ4n) is 0.783. The zero-order valence-corrected chi connectivity index (χ0v) is 9.50. The minimum atomic E-state index is -1.05. The Morgan fingerprint density at radius 3 is 2.24 bits per heavy atom. The first-order valence-corrected chi connectivity index (χ1v) is 4.82. The third-order valence-electron chi connectivity index (χ3n) is 1.82. The van der Waals surface area contributed by atoms with E-state index in [0.717, 1.165) is 12.0 Å². The molecule has 1 aromatic carbocycles. The number of carboxylic acid groups (broad SMARTS) is 1. The predicted octanol–water partition coefficient (Wildman–Crippen LogP) is -0.135. The van der Waals surface area contributed by atoms with Crippen LogP contribution in [0.25, 0.3) is 0 Å². The summed E-state index contributed by atoms with van der Waals surface area (Å²) in [6.07, 6.45) is 0.805. The Balaban J connectivity index is 0.000000325. The van der Waals surface area contributed by atoms with Crippen LogP contribution < -0.4 is 16.2 Å². The molecule has 0 aliphatic carbocycles. The smallest absolute Gasteiger partial charge is 0.321 e. The first-order valence-electron chi connectivity index (χ1n) is 4.82. The second-order valence-corrected chi connectivity index (χ2v) is 3.07. The van der Waals surface area contributed by atoms with Crippen LogP contribution in [0, 0.1) is 0 Å². The van der Waals surface area contributed by atoms with E-state index in [1.54, 1.807) is 31.4 Å². The average Bonchev–Trinajstić information content (AvgIpc) is 2.38. The maximum absolute atomic E-state index is 10.2. The molecule has 1 rings (SSSR count). The van der Waals surface area contributed by atoms with Crippen molar-refractivity contribution in [1.82, 2.24) is 0 Å². The van der Waals surface area contributed by atoms with Crippen molar-refractivity contribution in [3.8, 4) is 5.75 Å². The largest absolute Gasteiger partial charge is 0.497 e. The second-order valence-electron chi connectivity index (χ2n) is 3.07. The molecule has 0 saturated heterocycles. The predicted molar refractivity (Wildman–Crippen MR) is 63.0 cm³/mol. The number of hydrogen-bond donors (Lipinski definition) is 3. The number of carboxylic acids is 1. The highest BCUT2D eigenvalue weighted by Crippen LogP contribution is 2.09. The van der Waals surface area contributed by atoms with E-state index >= 15 is 0 Å². The molecule has 1 aromatic rings. The highest BCUT2D eigenvalue weighted by atomic mass is 16.5. The normalized spacial score (nSPS) is 10.8. The summed E-state index contributed by atoms with van der Waals surface area (Å²) in [6.45, 7) is -0.00463. The van der Waals surface area contributed by atoms with Gasteiger partial charge in [0.25, 0.3) is 0 Å². The van der Waals surface area contributed by atoms with Crippen LogP contribution in [0.2, 0.25) is 0 Å². The second kappa shape index (κ2) is 8.26. The summed E-state index contributed by atoms with van der Waals surface area (Å²) in [7, 11) is 1.59. The van der Waals surface area contributed by atoms with Crippen LogP contribution in [-0.4, -0.2) is 37.1 Å². The summed E-state index contributed by atoms with van der Waals surface area (Å²) >= 11 is 0. The van der Waals surface area contributed by atoms with Gasteiger partial charge in [-0.2, -0.15) is 0 Å². The standard InChI is InChI=1S/C8H8O2.C3H8N2O2/c1-10-8-4-2-7(6-9)3-5-8;4-1-2(5)3(6)7/h2-6H,1H3;2H,1,4-5H2,(H,6,7). The van der Waals surface area contributed by atoms with Crippen LogP contribution >= 0.6 is 0 Å². The Labute approximate surface area is 99.2 Å². The number of carbonyl (C=O) groups excluding carboxylic acids is 1. The van der Waals surface area contributed by atoms with Crippen LogP contribution in [-0.2, 0) is 4.79 Å². The van der Waals surface area contributed by atoms with Gasteiger partial charge >= 0.3 is 5.97 Å². The molecule has 1 atom stereocenters. The van der Waals surface area contributed by atoms with Crippen LogP contribution in [0.1, 0.15) is 10.4 Å². The van der Waals surface area contributed by atoms with E-state index in [1.165, 1.54) is 0 Å².